The fourth-order valence-electron chi connectivity index (χ4n) is 3.28. The molecular formula is C20H28N4O2. The van der Waals surface area contributed by atoms with E-state index < -0.39 is 0 Å². The van der Waals surface area contributed by atoms with Crippen molar-refractivity contribution >= 4 is 5.91 Å². The molecule has 0 unspecified atom stereocenters. The number of nitrogens with one attached hydrogen (secondary N) is 1. The van der Waals surface area contributed by atoms with Crippen LogP contribution in [0, 0.1) is 5.92 Å². The number of likely N-dealkylation sites (tertiary alicyclic amines) is 1. The minimum absolute atomic E-state index is 0.0851. The Kier molecular flexibility index (Phi) is 5.93. The fraction of sp³-hybridized carbons (Fsp3) is 0.500. The summed E-state index contributed by atoms with van der Waals surface area (Å²) in [5, 5.41) is 8.05. The quantitative estimate of drug-likeness (QED) is 0.864. The molecule has 140 valence electrons. The molecular weight excluding hydrogens is 328 g/mol. The molecule has 0 atom stereocenters. The molecule has 1 aliphatic heterocycles. The minimum atomic E-state index is 0.0851. The normalized spacial score (nSPS) is 15.5. The average molecular weight is 356 g/mol. The van der Waals surface area contributed by atoms with Crippen LogP contribution >= 0.6 is 0 Å². The summed E-state index contributed by atoms with van der Waals surface area (Å²) in [7, 11) is 1.66. The molecule has 1 saturated heterocycles. The number of rotatable bonds is 6. The monoisotopic (exact) mass is 356 g/mol. The number of methoxy groups -OCH3 is 1. The van der Waals surface area contributed by atoms with Gasteiger partial charge in [-0.2, -0.15) is 5.10 Å². The first-order valence-corrected chi connectivity index (χ1v) is 9.27. The molecule has 6 nitrogen and oxygen atoms in total. The maximum atomic E-state index is 12.1. The molecule has 0 aliphatic carbocycles. The van der Waals surface area contributed by atoms with Gasteiger partial charge >= 0.3 is 0 Å². The fourth-order valence-corrected chi connectivity index (χ4v) is 3.28. The predicted octanol–water partition coefficient (Wildman–Crippen LogP) is 2.62. The number of carbonyl (C=O) groups excluding carboxylic acids is 1. The van der Waals surface area contributed by atoms with Crippen LogP contribution in [0.5, 0.6) is 5.75 Å². The molecule has 1 N–H and O–H groups in total. The lowest BCUT2D eigenvalue weighted by Crippen LogP contribution is -2.45. The Labute approximate surface area is 155 Å². The van der Waals surface area contributed by atoms with E-state index >= 15 is 0 Å². The maximum absolute atomic E-state index is 12.1. The summed E-state index contributed by atoms with van der Waals surface area (Å²) in [5.74, 6) is 1.17. The Balaban J connectivity index is 1.50. The Morgan fingerprint density at radius 1 is 1.35 bits per heavy atom. The number of piperidine rings is 1. The van der Waals surface area contributed by atoms with E-state index in [9.17, 15) is 4.79 Å². The molecule has 0 saturated carbocycles. The summed E-state index contributed by atoms with van der Waals surface area (Å²) in [5.41, 5.74) is 2.13. The summed E-state index contributed by atoms with van der Waals surface area (Å²) >= 11 is 0. The van der Waals surface area contributed by atoms with E-state index in [0.29, 0.717) is 6.04 Å². The highest BCUT2D eigenvalue weighted by molar-refractivity contribution is 5.78. The number of hydrogen-bond acceptors (Lipinski definition) is 4. The molecule has 3 rings (SSSR count). The average Bonchev–Trinajstić information content (AvgIpc) is 3.15. The molecule has 0 radical (unpaired) electrons. The summed E-state index contributed by atoms with van der Waals surface area (Å²) in [6, 6.07) is 8.30. The van der Waals surface area contributed by atoms with E-state index in [1.807, 2.05) is 60.1 Å². The van der Waals surface area contributed by atoms with Gasteiger partial charge in [0.1, 0.15) is 5.75 Å². The van der Waals surface area contributed by atoms with Gasteiger partial charge in [0.05, 0.1) is 19.0 Å². The van der Waals surface area contributed by atoms with E-state index in [1.54, 1.807) is 7.11 Å². The van der Waals surface area contributed by atoms with E-state index in [-0.39, 0.29) is 11.8 Å². The van der Waals surface area contributed by atoms with Crippen molar-refractivity contribution in [2.75, 3.05) is 20.2 Å². The van der Waals surface area contributed by atoms with Gasteiger partial charge in [-0.1, -0.05) is 19.9 Å². The number of ether oxygens (including phenoxy) is 1. The Morgan fingerprint density at radius 2 is 2.12 bits per heavy atom. The van der Waals surface area contributed by atoms with Gasteiger partial charge in [0.2, 0.25) is 5.91 Å². The van der Waals surface area contributed by atoms with Crippen LogP contribution in [0.1, 0.15) is 32.3 Å². The maximum Gasteiger partial charge on any atom is 0.225 e. The van der Waals surface area contributed by atoms with Crippen LogP contribution in [0.25, 0.3) is 5.69 Å². The van der Waals surface area contributed by atoms with Crippen LogP contribution in [-0.2, 0) is 11.3 Å². The number of benzene rings is 1. The summed E-state index contributed by atoms with van der Waals surface area (Å²) in [6.07, 6.45) is 5.94. The van der Waals surface area contributed by atoms with Crippen LogP contribution in [0.2, 0.25) is 0 Å². The van der Waals surface area contributed by atoms with E-state index in [1.165, 1.54) is 0 Å². The van der Waals surface area contributed by atoms with Crippen LogP contribution in [0.3, 0.4) is 0 Å². The van der Waals surface area contributed by atoms with Crippen molar-refractivity contribution in [1.29, 1.82) is 0 Å². The first kappa shape index (κ1) is 18.5. The number of amides is 1. The van der Waals surface area contributed by atoms with Gasteiger partial charge in [0, 0.05) is 49.4 Å². The standard InChI is InChI=1S/C20H28N4O2/c1-15(2)20(25)23-9-7-17(8-10-23)21-12-16-13-22-24(14-16)18-5-4-6-19(11-18)26-3/h4-6,11,13-15,17,21H,7-10,12H2,1-3H3. The van der Waals surface area contributed by atoms with Gasteiger partial charge < -0.3 is 15.0 Å². The van der Waals surface area contributed by atoms with Gasteiger partial charge in [-0.05, 0) is 25.0 Å². The third-order valence-corrected chi connectivity index (χ3v) is 4.85. The highest BCUT2D eigenvalue weighted by atomic mass is 16.5. The zero-order valence-electron chi connectivity index (χ0n) is 15.8. The van der Waals surface area contributed by atoms with Crippen molar-refractivity contribution in [3.63, 3.8) is 0 Å². The van der Waals surface area contributed by atoms with Crippen molar-refractivity contribution in [1.82, 2.24) is 20.0 Å². The molecule has 1 aromatic heterocycles. The lowest BCUT2D eigenvalue weighted by Gasteiger charge is -2.33. The molecule has 1 fully saturated rings. The molecule has 1 aromatic carbocycles. The number of carbonyl (C=O) groups is 1. The SMILES string of the molecule is COc1cccc(-n2cc(CNC3CCN(C(=O)C(C)C)CC3)cn2)c1. The minimum Gasteiger partial charge on any atom is -0.497 e. The third-order valence-electron chi connectivity index (χ3n) is 4.85. The van der Waals surface area contributed by atoms with E-state index in [2.05, 4.69) is 10.4 Å². The topological polar surface area (TPSA) is 59.4 Å². The highest BCUT2D eigenvalue weighted by Crippen LogP contribution is 2.17. The van der Waals surface area contributed by atoms with Crippen LogP contribution < -0.4 is 10.1 Å². The zero-order chi connectivity index (χ0) is 18.5. The Bertz CT molecular complexity index is 733. The molecule has 2 aromatic rings. The van der Waals surface area contributed by atoms with Crippen molar-refractivity contribution in [3.05, 3.63) is 42.2 Å². The highest BCUT2D eigenvalue weighted by Gasteiger charge is 2.23. The molecule has 2 heterocycles. The summed E-state index contributed by atoms with van der Waals surface area (Å²) < 4.78 is 7.13. The Morgan fingerprint density at radius 3 is 2.81 bits per heavy atom. The molecule has 1 amide bonds. The first-order valence-electron chi connectivity index (χ1n) is 9.27. The summed E-state index contributed by atoms with van der Waals surface area (Å²) in [4.78, 5) is 14.0. The molecule has 26 heavy (non-hydrogen) atoms. The third kappa shape index (κ3) is 4.43. The van der Waals surface area contributed by atoms with Gasteiger partial charge in [0.25, 0.3) is 0 Å². The molecule has 0 spiro atoms. The Hall–Kier alpha value is -2.34. The first-order chi connectivity index (χ1) is 12.6. The lowest BCUT2D eigenvalue weighted by molar-refractivity contribution is -0.135. The largest absolute Gasteiger partial charge is 0.497 e. The summed E-state index contributed by atoms with van der Waals surface area (Å²) in [6.45, 7) is 6.40. The van der Waals surface area contributed by atoms with Gasteiger partial charge in [0.15, 0.2) is 0 Å². The number of nitrogens with zero attached hydrogens (tertiary/aromatic N) is 3. The lowest BCUT2D eigenvalue weighted by atomic mass is 10.0. The van der Waals surface area contributed by atoms with Crippen molar-refractivity contribution in [3.8, 4) is 11.4 Å². The van der Waals surface area contributed by atoms with Crippen LogP contribution in [-0.4, -0.2) is 46.8 Å². The van der Waals surface area contributed by atoms with Crippen molar-refractivity contribution in [2.45, 2.75) is 39.3 Å². The van der Waals surface area contributed by atoms with E-state index in [0.717, 1.165) is 49.5 Å². The second kappa shape index (κ2) is 8.36. The van der Waals surface area contributed by atoms with Crippen molar-refractivity contribution < 1.29 is 9.53 Å². The second-order valence-corrected chi connectivity index (χ2v) is 7.13. The molecule has 6 heteroatoms. The van der Waals surface area contributed by atoms with Gasteiger partial charge in [-0.15, -0.1) is 0 Å². The molecule has 1 aliphatic rings. The van der Waals surface area contributed by atoms with Gasteiger partial charge in [-0.25, -0.2) is 4.68 Å². The van der Waals surface area contributed by atoms with E-state index in [4.69, 9.17) is 4.74 Å². The smallest absolute Gasteiger partial charge is 0.225 e. The molecule has 0 bridgehead atoms. The van der Waals surface area contributed by atoms with Gasteiger partial charge in [-0.3, -0.25) is 4.79 Å². The van der Waals surface area contributed by atoms with Crippen LogP contribution in [0.15, 0.2) is 36.7 Å². The number of hydrogen-bond donors (Lipinski definition) is 1. The number of aromatic nitrogens is 2. The van der Waals surface area contributed by atoms with Crippen LogP contribution in [0.4, 0.5) is 0 Å². The second-order valence-electron chi connectivity index (χ2n) is 7.13. The van der Waals surface area contributed by atoms with Crippen molar-refractivity contribution in [2.24, 2.45) is 5.92 Å². The predicted molar refractivity (Wildman–Crippen MR) is 101 cm³/mol. The zero-order valence-corrected chi connectivity index (χ0v) is 15.8.